The molecular weight excluding hydrogens is 354 g/mol. The molecule has 0 saturated heterocycles. The van der Waals surface area contributed by atoms with Crippen LogP contribution in [0.4, 0.5) is 0 Å². The van der Waals surface area contributed by atoms with E-state index in [1.54, 1.807) is 31.2 Å². The molecule has 0 spiro atoms. The van der Waals surface area contributed by atoms with E-state index in [2.05, 4.69) is 12.2 Å². The largest absolute Gasteiger partial charge is 0.479 e. The minimum Gasteiger partial charge on any atom is -0.479 e. The Kier molecular flexibility index (Phi) is 9.05. The van der Waals surface area contributed by atoms with Gasteiger partial charge in [-0.25, -0.2) is 4.79 Å². The summed E-state index contributed by atoms with van der Waals surface area (Å²) in [6.07, 6.45) is 3.08. The van der Waals surface area contributed by atoms with Crippen molar-refractivity contribution in [2.45, 2.75) is 45.6 Å². The Labute approximate surface area is 167 Å². The van der Waals surface area contributed by atoms with E-state index in [1.807, 2.05) is 30.3 Å². The normalized spacial score (nSPS) is 11.5. The number of rotatable bonds is 11. The lowest BCUT2D eigenvalue weighted by Crippen LogP contribution is -2.27. The molecule has 0 aliphatic heterocycles. The maximum absolute atomic E-state index is 12.2. The first-order valence-corrected chi connectivity index (χ1v) is 9.85. The van der Waals surface area contributed by atoms with Crippen LogP contribution < -0.4 is 10.1 Å². The summed E-state index contributed by atoms with van der Waals surface area (Å²) in [6, 6.07) is 16.8. The van der Waals surface area contributed by atoms with Crippen LogP contribution in [0.15, 0.2) is 54.6 Å². The molecule has 1 amide bonds. The van der Waals surface area contributed by atoms with Gasteiger partial charge in [-0.15, -0.1) is 0 Å². The van der Waals surface area contributed by atoms with E-state index in [0.717, 1.165) is 25.7 Å². The second-order valence-electron chi connectivity index (χ2n) is 6.65. The van der Waals surface area contributed by atoms with Crippen molar-refractivity contribution < 1.29 is 19.1 Å². The summed E-state index contributed by atoms with van der Waals surface area (Å²) >= 11 is 0. The second-order valence-corrected chi connectivity index (χ2v) is 6.65. The Bertz CT molecular complexity index is 728. The summed E-state index contributed by atoms with van der Waals surface area (Å²) in [7, 11) is 0. The summed E-state index contributed by atoms with van der Waals surface area (Å²) in [6.45, 7) is 4.75. The van der Waals surface area contributed by atoms with Gasteiger partial charge in [-0.05, 0) is 49.6 Å². The molecule has 0 aliphatic rings. The van der Waals surface area contributed by atoms with Crippen LogP contribution >= 0.6 is 0 Å². The number of carbonyl (C=O) groups excluding carboxylic acids is 2. The quantitative estimate of drug-likeness (QED) is 0.467. The topological polar surface area (TPSA) is 64.6 Å². The SMILES string of the molecule is CCCCCOC(=O)[C@H](C)Oc1ccc(C(=O)NCCc2ccccc2)cc1. The third kappa shape index (κ3) is 7.43. The van der Waals surface area contributed by atoms with Crippen molar-refractivity contribution >= 4 is 11.9 Å². The Morgan fingerprint density at radius 3 is 2.39 bits per heavy atom. The van der Waals surface area contributed by atoms with Crippen molar-refractivity contribution in [3.8, 4) is 5.75 Å². The van der Waals surface area contributed by atoms with Crippen molar-refractivity contribution in [1.82, 2.24) is 5.32 Å². The minimum atomic E-state index is -0.688. The van der Waals surface area contributed by atoms with Gasteiger partial charge in [-0.1, -0.05) is 50.1 Å². The van der Waals surface area contributed by atoms with Gasteiger partial charge in [0.25, 0.3) is 5.91 Å². The summed E-state index contributed by atoms with van der Waals surface area (Å²) in [4.78, 5) is 24.1. The number of unbranched alkanes of at least 4 members (excludes halogenated alkanes) is 2. The lowest BCUT2D eigenvalue weighted by molar-refractivity contribution is -0.151. The fourth-order valence-corrected chi connectivity index (χ4v) is 2.65. The van der Waals surface area contributed by atoms with E-state index < -0.39 is 6.10 Å². The van der Waals surface area contributed by atoms with Gasteiger partial charge >= 0.3 is 5.97 Å². The van der Waals surface area contributed by atoms with E-state index in [9.17, 15) is 9.59 Å². The average molecular weight is 383 g/mol. The van der Waals surface area contributed by atoms with Gasteiger partial charge in [0.15, 0.2) is 6.10 Å². The van der Waals surface area contributed by atoms with Crippen LogP contribution in [-0.2, 0) is 16.0 Å². The number of benzene rings is 2. The first-order valence-electron chi connectivity index (χ1n) is 9.85. The standard InChI is InChI=1S/C23H29NO4/c1-3-4-8-17-27-23(26)18(2)28-21-13-11-20(12-14-21)22(25)24-16-15-19-9-6-5-7-10-19/h5-7,9-14,18H,3-4,8,15-17H2,1-2H3,(H,24,25)/t18-/m0/s1. The van der Waals surface area contributed by atoms with Gasteiger partial charge in [0.2, 0.25) is 0 Å². The van der Waals surface area contributed by atoms with Gasteiger partial charge in [0.1, 0.15) is 5.75 Å². The molecule has 0 unspecified atom stereocenters. The first kappa shape index (κ1) is 21.5. The highest BCUT2D eigenvalue weighted by atomic mass is 16.6. The molecule has 0 saturated carbocycles. The van der Waals surface area contributed by atoms with Crippen LogP contribution in [-0.4, -0.2) is 31.1 Å². The molecule has 2 aromatic rings. The molecule has 5 nitrogen and oxygen atoms in total. The van der Waals surface area contributed by atoms with Gasteiger partial charge in [-0.3, -0.25) is 4.79 Å². The molecular formula is C23H29NO4. The highest BCUT2D eigenvalue weighted by Gasteiger charge is 2.16. The number of ether oxygens (including phenoxy) is 2. The molecule has 0 aromatic heterocycles. The van der Waals surface area contributed by atoms with Crippen LogP contribution in [0.5, 0.6) is 5.75 Å². The first-order chi connectivity index (χ1) is 13.6. The molecule has 1 N–H and O–H groups in total. The van der Waals surface area contributed by atoms with Gasteiger partial charge in [0, 0.05) is 12.1 Å². The molecule has 0 aliphatic carbocycles. The third-order valence-corrected chi connectivity index (χ3v) is 4.30. The monoisotopic (exact) mass is 383 g/mol. The molecule has 1 atom stereocenters. The maximum atomic E-state index is 12.2. The predicted octanol–water partition coefficient (Wildman–Crippen LogP) is 4.16. The molecule has 0 fully saturated rings. The number of nitrogens with one attached hydrogen (secondary N) is 1. The molecule has 0 bridgehead atoms. The second kappa shape index (κ2) is 11.8. The molecule has 0 heterocycles. The summed E-state index contributed by atoms with van der Waals surface area (Å²) in [5, 5.41) is 2.91. The molecule has 2 aromatic carbocycles. The molecule has 150 valence electrons. The van der Waals surface area contributed by atoms with Crippen LogP contribution in [0, 0.1) is 0 Å². The predicted molar refractivity (Wildman–Crippen MR) is 109 cm³/mol. The van der Waals surface area contributed by atoms with E-state index in [0.29, 0.717) is 24.5 Å². The molecule has 5 heteroatoms. The Balaban J connectivity index is 1.75. The van der Waals surface area contributed by atoms with Gasteiger partial charge < -0.3 is 14.8 Å². The Morgan fingerprint density at radius 1 is 1.00 bits per heavy atom. The lowest BCUT2D eigenvalue weighted by Gasteiger charge is -2.14. The van der Waals surface area contributed by atoms with E-state index in [-0.39, 0.29) is 11.9 Å². The number of esters is 1. The minimum absolute atomic E-state index is 0.133. The zero-order valence-corrected chi connectivity index (χ0v) is 16.6. The highest BCUT2D eigenvalue weighted by molar-refractivity contribution is 5.94. The smallest absolute Gasteiger partial charge is 0.347 e. The van der Waals surface area contributed by atoms with Crippen LogP contribution in [0.1, 0.15) is 49.0 Å². The maximum Gasteiger partial charge on any atom is 0.347 e. The lowest BCUT2D eigenvalue weighted by atomic mass is 10.1. The summed E-state index contributed by atoms with van der Waals surface area (Å²) in [5.41, 5.74) is 1.73. The van der Waals surface area contributed by atoms with Gasteiger partial charge in [-0.2, -0.15) is 0 Å². The molecule has 2 rings (SSSR count). The highest BCUT2D eigenvalue weighted by Crippen LogP contribution is 2.14. The van der Waals surface area contributed by atoms with Crippen molar-refractivity contribution in [3.63, 3.8) is 0 Å². The Morgan fingerprint density at radius 2 is 1.71 bits per heavy atom. The zero-order chi connectivity index (χ0) is 20.2. The third-order valence-electron chi connectivity index (χ3n) is 4.30. The van der Waals surface area contributed by atoms with Crippen molar-refractivity contribution in [1.29, 1.82) is 0 Å². The van der Waals surface area contributed by atoms with Crippen molar-refractivity contribution in [3.05, 3.63) is 65.7 Å². The van der Waals surface area contributed by atoms with Crippen molar-refractivity contribution in [2.75, 3.05) is 13.2 Å². The van der Waals surface area contributed by atoms with Gasteiger partial charge in [0.05, 0.1) is 6.61 Å². The van der Waals surface area contributed by atoms with Crippen LogP contribution in [0.3, 0.4) is 0 Å². The van der Waals surface area contributed by atoms with E-state index in [1.165, 1.54) is 5.56 Å². The van der Waals surface area contributed by atoms with Crippen molar-refractivity contribution in [2.24, 2.45) is 0 Å². The van der Waals surface area contributed by atoms with E-state index in [4.69, 9.17) is 9.47 Å². The summed E-state index contributed by atoms with van der Waals surface area (Å²) < 4.78 is 10.8. The number of amides is 1. The number of hydrogen-bond donors (Lipinski definition) is 1. The zero-order valence-electron chi connectivity index (χ0n) is 16.6. The molecule has 28 heavy (non-hydrogen) atoms. The number of hydrogen-bond acceptors (Lipinski definition) is 4. The molecule has 0 radical (unpaired) electrons. The van der Waals surface area contributed by atoms with E-state index >= 15 is 0 Å². The fourth-order valence-electron chi connectivity index (χ4n) is 2.65. The summed E-state index contributed by atoms with van der Waals surface area (Å²) in [5.74, 6) is 0.0172. The number of carbonyl (C=O) groups is 2. The van der Waals surface area contributed by atoms with Crippen LogP contribution in [0.2, 0.25) is 0 Å². The van der Waals surface area contributed by atoms with Crippen LogP contribution in [0.25, 0.3) is 0 Å². The average Bonchev–Trinajstić information content (AvgIpc) is 2.72. The Hall–Kier alpha value is -2.82. The fraction of sp³-hybridized carbons (Fsp3) is 0.391.